The molecule has 3 aliphatic heterocycles. The Balaban J connectivity index is 1.94. The second-order valence-electron chi connectivity index (χ2n) is 6.76. The Hall–Kier alpha value is -3.46. The van der Waals surface area contributed by atoms with Crippen molar-refractivity contribution in [1.82, 2.24) is 0 Å². The van der Waals surface area contributed by atoms with E-state index >= 15 is 0 Å². The number of hydrogen-bond donors (Lipinski definition) is 2. The minimum Gasteiger partial charge on any atom is -0.508 e. The second-order valence-corrected chi connectivity index (χ2v) is 6.76. The molecule has 0 aliphatic carbocycles. The molecular formula is C20H15N3O3. The van der Waals surface area contributed by atoms with Gasteiger partial charge in [-0.05, 0) is 30.5 Å². The average Bonchev–Trinajstić information content (AvgIpc) is 2.88. The van der Waals surface area contributed by atoms with Gasteiger partial charge in [0.2, 0.25) is 11.8 Å². The van der Waals surface area contributed by atoms with Crippen molar-refractivity contribution >= 4 is 11.6 Å². The van der Waals surface area contributed by atoms with Gasteiger partial charge < -0.3 is 20.5 Å². The Morgan fingerprint density at radius 2 is 2.12 bits per heavy atom. The van der Waals surface area contributed by atoms with Gasteiger partial charge in [0, 0.05) is 23.7 Å². The third-order valence-corrected chi connectivity index (χ3v) is 5.51. The lowest BCUT2D eigenvalue weighted by Crippen LogP contribution is -2.46. The van der Waals surface area contributed by atoms with Crippen LogP contribution in [0.4, 0.5) is 5.69 Å². The summed E-state index contributed by atoms with van der Waals surface area (Å²) in [4.78, 5) is 15.5. The van der Waals surface area contributed by atoms with Crippen LogP contribution >= 0.6 is 0 Å². The highest BCUT2D eigenvalue weighted by atomic mass is 16.5. The lowest BCUT2D eigenvalue weighted by molar-refractivity contribution is -0.121. The number of phenols is 1. The van der Waals surface area contributed by atoms with Crippen molar-refractivity contribution in [3.63, 3.8) is 0 Å². The smallest absolute Gasteiger partial charge is 0.247 e. The fourth-order valence-electron chi connectivity index (χ4n) is 4.51. The van der Waals surface area contributed by atoms with Crippen molar-refractivity contribution in [2.24, 2.45) is 5.73 Å². The van der Waals surface area contributed by atoms with E-state index in [2.05, 4.69) is 6.07 Å². The van der Waals surface area contributed by atoms with Crippen LogP contribution in [0, 0.1) is 11.3 Å². The van der Waals surface area contributed by atoms with E-state index in [0.717, 1.165) is 29.7 Å². The van der Waals surface area contributed by atoms with E-state index in [1.54, 1.807) is 11.0 Å². The minimum atomic E-state index is -1.32. The number of aryl methyl sites for hydroxylation is 1. The third kappa shape index (κ3) is 1.53. The molecule has 3 N–H and O–H groups in total. The van der Waals surface area contributed by atoms with Crippen molar-refractivity contribution in [3.05, 3.63) is 64.5 Å². The lowest BCUT2D eigenvalue weighted by atomic mass is 9.68. The first-order valence-electron chi connectivity index (χ1n) is 8.45. The number of anilines is 1. The number of carbonyl (C=O) groups is 1. The first-order valence-corrected chi connectivity index (χ1v) is 8.45. The SMILES string of the molecule is N#CC1=C(N)Oc2cc(O)ccc2[C@@]12C(=O)N1CCCc3cccc2c31. The van der Waals surface area contributed by atoms with Gasteiger partial charge in [-0.15, -0.1) is 0 Å². The largest absolute Gasteiger partial charge is 0.508 e. The lowest BCUT2D eigenvalue weighted by Gasteiger charge is -2.34. The zero-order chi connectivity index (χ0) is 18.1. The predicted octanol–water partition coefficient (Wildman–Crippen LogP) is 2.06. The third-order valence-electron chi connectivity index (χ3n) is 5.51. The molecule has 0 bridgehead atoms. The molecule has 2 aromatic carbocycles. The number of nitriles is 1. The quantitative estimate of drug-likeness (QED) is 0.761. The fraction of sp³-hybridized carbons (Fsp3) is 0.200. The Morgan fingerprint density at radius 1 is 1.27 bits per heavy atom. The summed E-state index contributed by atoms with van der Waals surface area (Å²) in [6, 6.07) is 12.5. The van der Waals surface area contributed by atoms with Crippen molar-refractivity contribution in [2.45, 2.75) is 18.3 Å². The number of phenolic OH excluding ortho intramolecular Hbond substituents is 1. The zero-order valence-electron chi connectivity index (χ0n) is 13.8. The standard InChI is InChI=1S/C20H15N3O3/c21-10-15-18(22)26-16-9-12(24)6-7-13(16)20(15)14-5-1-3-11-4-2-8-23(17(11)14)19(20)25/h1,3,5-7,9,24H,2,4,8,22H2/t20-/m0/s1. The van der Waals surface area contributed by atoms with Gasteiger partial charge in [0.25, 0.3) is 0 Å². The molecule has 6 heteroatoms. The Kier molecular flexibility index (Phi) is 2.74. The van der Waals surface area contributed by atoms with Crippen LogP contribution in [0.2, 0.25) is 0 Å². The molecule has 3 heterocycles. The van der Waals surface area contributed by atoms with E-state index in [1.807, 2.05) is 18.2 Å². The van der Waals surface area contributed by atoms with E-state index in [4.69, 9.17) is 10.5 Å². The summed E-state index contributed by atoms with van der Waals surface area (Å²) in [5.41, 5.74) is 8.10. The number of nitrogens with zero attached hydrogens (tertiary/aromatic N) is 2. The number of nitrogens with two attached hydrogens (primary N) is 1. The number of aromatic hydroxyl groups is 1. The van der Waals surface area contributed by atoms with Gasteiger partial charge in [0.05, 0.1) is 5.69 Å². The Labute approximate surface area is 149 Å². The van der Waals surface area contributed by atoms with Crippen LogP contribution in [0.5, 0.6) is 11.5 Å². The number of fused-ring (bicyclic) bond motifs is 3. The van der Waals surface area contributed by atoms with Gasteiger partial charge in [-0.25, -0.2) is 0 Å². The number of ether oxygens (including phenoxy) is 1. The zero-order valence-corrected chi connectivity index (χ0v) is 13.8. The van der Waals surface area contributed by atoms with Gasteiger partial charge in [-0.2, -0.15) is 5.26 Å². The molecule has 128 valence electrons. The maximum atomic E-state index is 13.7. The van der Waals surface area contributed by atoms with Gasteiger partial charge >= 0.3 is 0 Å². The van der Waals surface area contributed by atoms with Gasteiger partial charge in [0.15, 0.2) is 0 Å². The molecule has 0 saturated heterocycles. The van der Waals surface area contributed by atoms with Crippen LogP contribution < -0.4 is 15.4 Å². The summed E-state index contributed by atoms with van der Waals surface area (Å²) >= 11 is 0. The Bertz CT molecular complexity index is 1070. The molecule has 0 saturated carbocycles. The summed E-state index contributed by atoms with van der Waals surface area (Å²) in [5.74, 6) is 0.0193. The minimum absolute atomic E-state index is 0.00713. The summed E-state index contributed by atoms with van der Waals surface area (Å²) in [6.45, 7) is 0.609. The molecule has 5 rings (SSSR count). The number of amides is 1. The molecular weight excluding hydrogens is 330 g/mol. The highest BCUT2D eigenvalue weighted by Gasteiger charge is 2.59. The van der Waals surface area contributed by atoms with Gasteiger partial charge in [-0.3, -0.25) is 4.79 Å². The number of benzene rings is 2. The van der Waals surface area contributed by atoms with E-state index < -0.39 is 5.41 Å². The molecule has 6 nitrogen and oxygen atoms in total. The van der Waals surface area contributed by atoms with Crippen LogP contribution in [-0.4, -0.2) is 17.6 Å². The average molecular weight is 345 g/mol. The van der Waals surface area contributed by atoms with Gasteiger partial charge in [0.1, 0.15) is 28.6 Å². The van der Waals surface area contributed by atoms with Gasteiger partial charge in [-0.1, -0.05) is 18.2 Å². The topological polar surface area (TPSA) is 99.6 Å². The Morgan fingerprint density at radius 3 is 2.92 bits per heavy atom. The molecule has 1 atom stereocenters. The molecule has 0 aromatic heterocycles. The maximum absolute atomic E-state index is 13.7. The van der Waals surface area contributed by atoms with Crippen LogP contribution in [0.25, 0.3) is 0 Å². The monoisotopic (exact) mass is 345 g/mol. The molecule has 26 heavy (non-hydrogen) atoms. The first-order chi connectivity index (χ1) is 12.6. The van der Waals surface area contributed by atoms with Crippen LogP contribution in [0.3, 0.4) is 0 Å². The normalized spacial score (nSPS) is 22.7. The maximum Gasteiger partial charge on any atom is 0.247 e. The highest BCUT2D eigenvalue weighted by Crippen LogP contribution is 2.57. The predicted molar refractivity (Wildman–Crippen MR) is 93.5 cm³/mol. The van der Waals surface area contributed by atoms with E-state index in [1.165, 1.54) is 12.1 Å². The highest BCUT2D eigenvalue weighted by molar-refractivity contribution is 6.15. The summed E-state index contributed by atoms with van der Waals surface area (Å²) in [7, 11) is 0. The molecule has 0 unspecified atom stereocenters. The van der Waals surface area contributed by atoms with Crippen LogP contribution in [-0.2, 0) is 16.6 Å². The molecule has 1 spiro atoms. The van der Waals surface area contributed by atoms with Crippen molar-refractivity contribution in [1.29, 1.82) is 5.26 Å². The van der Waals surface area contributed by atoms with E-state index in [0.29, 0.717) is 17.9 Å². The number of carbonyl (C=O) groups excluding carboxylic acids is 1. The second kappa shape index (κ2) is 4.79. The molecule has 0 radical (unpaired) electrons. The summed E-state index contributed by atoms with van der Waals surface area (Å²) in [5, 5.41) is 19.7. The molecule has 0 fully saturated rings. The first kappa shape index (κ1) is 14.8. The van der Waals surface area contributed by atoms with Crippen molar-refractivity contribution in [3.8, 4) is 17.6 Å². The van der Waals surface area contributed by atoms with E-state index in [-0.39, 0.29) is 23.1 Å². The number of rotatable bonds is 0. The van der Waals surface area contributed by atoms with Crippen LogP contribution in [0.1, 0.15) is 23.1 Å². The van der Waals surface area contributed by atoms with Crippen molar-refractivity contribution in [2.75, 3.05) is 11.4 Å². The molecule has 2 aromatic rings. The van der Waals surface area contributed by atoms with E-state index in [9.17, 15) is 15.2 Å². The summed E-state index contributed by atoms with van der Waals surface area (Å²) < 4.78 is 5.59. The van der Waals surface area contributed by atoms with Crippen LogP contribution in [0.15, 0.2) is 47.9 Å². The fourth-order valence-corrected chi connectivity index (χ4v) is 4.51. The number of para-hydroxylation sites is 1. The molecule has 1 amide bonds. The summed E-state index contributed by atoms with van der Waals surface area (Å²) in [6.07, 6.45) is 1.77. The molecule has 3 aliphatic rings. The van der Waals surface area contributed by atoms with Crippen molar-refractivity contribution < 1.29 is 14.6 Å². The number of hydrogen-bond acceptors (Lipinski definition) is 5.